The second kappa shape index (κ2) is 4.34. The van der Waals surface area contributed by atoms with Crippen LogP contribution in [0.3, 0.4) is 0 Å². The van der Waals surface area contributed by atoms with E-state index in [1.807, 2.05) is 24.3 Å². The number of rotatable bonds is 3. The molecule has 0 bridgehead atoms. The average molecular weight is 250 g/mol. The molecule has 19 heavy (non-hydrogen) atoms. The molecule has 1 fully saturated rings. The summed E-state index contributed by atoms with van der Waals surface area (Å²) >= 11 is 0. The molecule has 1 heteroatoms. The van der Waals surface area contributed by atoms with Gasteiger partial charge in [-0.3, -0.25) is 4.79 Å². The van der Waals surface area contributed by atoms with Crippen LogP contribution in [0.25, 0.3) is 11.1 Å². The van der Waals surface area contributed by atoms with Gasteiger partial charge in [0.05, 0.1) is 0 Å². The number of benzene rings is 2. The third-order valence-corrected chi connectivity index (χ3v) is 4.21. The van der Waals surface area contributed by atoms with E-state index in [1.54, 1.807) is 6.92 Å². The van der Waals surface area contributed by atoms with Gasteiger partial charge in [-0.2, -0.15) is 0 Å². The standard InChI is InChI=1S/C18H18O/c1-13(19)14-3-5-15(6-4-14)16-7-9-17(10-8-16)18(2)11-12-18/h3-10H,11-12H2,1-2H3. The van der Waals surface area contributed by atoms with E-state index in [-0.39, 0.29) is 5.78 Å². The van der Waals surface area contributed by atoms with Crippen LogP contribution < -0.4 is 0 Å². The molecule has 0 heterocycles. The van der Waals surface area contributed by atoms with E-state index in [0.29, 0.717) is 5.41 Å². The predicted molar refractivity (Wildman–Crippen MR) is 78.5 cm³/mol. The van der Waals surface area contributed by atoms with Gasteiger partial charge in [-0.25, -0.2) is 0 Å². The minimum Gasteiger partial charge on any atom is -0.295 e. The minimum atomic E-state index is 0.114. The monoisotopic (exact) mass is 250 g/mol. The highest BCUT2D eigenvalue weighted by atomic mass is 16.1. The van der Waals surface area contributed by atoms with Crippen molar-refractivity contribution in [2.45, 2.75) is 32.1 Å². The maximum absolute atomic E-state index is 11.3. The summed E-state index contributed by atoms with van der Waals surface area (Å²) in [6, 6.07) is 16.7. The topological polar surface area (TPSA) is 17.1 Å². The Bertz CT molecular complexity index is 601. The molecule has 0 amide bonds. The maximum Gasteiger partial charge on any atom is 0.159 e. The second-order valence-electron chi connectivity index (χ2n) is 5.77. The van der Waals surface area contributed by atoms with E-state index in [2.05, 4.69) is 31.2 Å². The van der Waals surface area contributed by atoms with Crippen molar-refractivity contribution in [3.8, 4) is 11.1 Å². The lowest BCUT2D eigenvalue weighted by Crippen LogP contribution is -1.98. The van der Waals surface area contributed by atoms with Crippen molar-refractivity contribution < 1.29 is 4.79 Å². The largest absolute Gasteiger partial charge is 0.295 e. The van der Waals surface area contributed by atoms with E-state index in [9.17, 15) is 4.79 Å². The van der Waals surface area contributed by atoms with Crippen LogP contribution in [0.15, 0.2) is 48.5 Å². The van der Waals surface area contributed by atoms with Crippen molar-refractivity contribution in [1.82, 2.24) is 0 Å². The number of carbonyl (C=O) groups excluding carboxylic acids is 1. The molecule has 0 spiro atoms. The van der Waals surface area contributed by atoms with Crippen LogP contribution in [0.2, 0.25) is 0 Å². The molecule has 0 N–H and O–H groups in total. The molecule has 0 atom stereocenters. The fraction of sp³-hybridized carbons (Fsp3) is 0.278. The summed E-state index contributed by atoms with van der Waals surface area (Å²) in [6.07, 6.45) is 2.61. The van der Waals surface area contributed by atoms with Crippen molar-refractivity contribution >= 4 is 5.78 Å². The third-order valence-electron chi connectivity index (χ3n) is 4.21. The summed E-state index contributed by atoms with van der Waals surface area (Å²) in [6.45, 7) is 3.92. The normalized spacial score (nSPS) is 16.1. The molecule has 2 aromatic carbocycles. The van der Waals surface area contributed by atoms with Crippen molar-refractivity contribution in [3.05, 3.63) is 59.7 Å². The molecule has 0 unspecified atom stereocenters. The molecule has 3 rings (SSSR count). The maximum atomic E-state index is 11.3. The molecule has 0 saturated heterocycles. The van der Waals surface area contributed by atoms with E-state index in [1.165, 1.54) is 24.0 Å². The first-order chi connectivity index (χ1) is 9.08. The summed E-state index contributed by atoms with van der Waals surface area (Å²) < 4.78 is 0. The van der Waals surface area contributed by atoms with Crippen LogP contribution in [0, 0.1) is 0 Å². The van der Waals surface area contributed by atoms with Crippen molar-refractivity contribution in [2.24, 2.45) is 0 Å². The highest BCUT2D eigenvalue weighted by Crippen LogP contribution is 2.47. The van der Waals surface area contributed by atoms with Crippen LogP contribution in [0.5, 0.6) is 0 Å². The van der Waals surface area contributed by atoms with E-state index in [0.717, 1.165) is 11.1 Å². The third kappa shape index (κ3) is 2.33. The van der Waals surface area contributed by atoms with Gasteiger partial charge in [0.25, 0.3) is 0 Å². The lowest BCUT2D eigenvalue weighted by molar-refractivity contribution is 0.101. The van der Waals surface area contributed by atoms with Crippen molar-refractivity contribution in [2.75, 3.05) is 0 Å². The van der Waals surface area contributed by atoms with Gasteiger partial charge >= 0.3 is 0 Å². The van der Waals surface area contributed by atoms with E-state index < -0.39 is 0 Å². The Morgan fingerprint density at radius 3 is 1.79 bits per heavy atom. The fourth-order valence-corrected chi connectivity index (χ4v) is 2.44. The van der Waals surface area contributed by atoms with Crippen LogP contribution in [-0.4, -0.2) is 5.78 Å². The SMILES string of the molecule is CC(=O)c1ccc(-c2ccc(C3(C)CC3)cc2)cc1. The average Bonchev–Trinajstić information content (AvgIpc) is 3.18. The molecule has 0 aliphatic heterocycles. The summed E-state index contributed by atoms with van der Waals surface area (Å²) in [5, 5.41) is 0. The Kier molecular flexibility index (Phi) is 2.78. The van der Waals surface area contributed by atoms with Gasteiger partial charge in [-0.15, -0.1) is 0 Å². The first-order valence-electron chi connectivity index (χ1n) is 6.80. The summed E-state index contributed by atoms with van der Waals surface area (Å²) in [4.78, 5) is 11.3. The Hall–Kier alpha value is -1.89. The Morgan fingerprint density at radius 1 is 0.895 bits per heavy atom. The summed E-state index contributed by atoms with van der Waals surface area (Å²) in [5.74, 6) is 0.114. The Morgan fingerprint density at radius 2 is 1.37 bits per heavy atom. The quantitative estimate of drug-likeness (QED) is 0.727. The predicted octanol–water partition coefficient (Wildman–Crippen LogP) is 4.61. The van der Waals surface area contributed by atoms with Gasteiger partial charge in [0.2, 0.25) is 0 Å². The van der Waals surface area contributed by atoms with Gasteiger partial charge in [0, 0.05) is 5.56 Å². The Labute approximate surface area is 114 Å². The van der Waals surface area contributed by atoms with Crippen molar-refractivity contribution in [1.29, 1.82) is 0 Å². The Balaban J connectivity index is 1.87. The molecular formula is C18H18O. The lowest BCUT2D eigenvalue weighted by atomic mass is 9.95. The lowest BCUT2D eigenvalue weighted by Gasteiger charge is -2.10. The van der Waals surface area contributed by atoms with Crippen LogP contribution >= 0.6 is 0 Å². The molecule has 0 aromatic heterocycles. The molecule has 1 nitrogen and oxygen atoms in total. The zero-order valence-corrected chi connectivity index (χ0v) is 11.4. The van der Waals surface area contributed by atoms with Crippen molar-refractivity contribution in [3.63, 3.8) is 0 Å². The highest BCUT2D eigenvalue weighted by Gasteiger charge is 2.38. The molecule has 0 radical (unpaired) electrons. The molecule has 1 aliphatic carbocycles. The van der Waals surface area contributed by atoms with E-state index in [4.69, 9.17) is 0 Å². The van der Waals surface area contributed by atoms with E-state index >= 15 is 0 Å². The van der Waals surface area contributed by atoms with Gasteiger partial charge < -0.3 is 0 Å². The molecule has 96 valence electrons. The zero-order valence-electron chi connectivity index (χ0n) is 11.4. The number of hydrogen-bond donors (Lipinski definition) is 0. The van der Waals surface area contributed by atoms with Gasteiger partial charge in [-0.1, -0.05) is 55.5 Å². The minimum absolute atomic E-state index is 0.114. The second-order valence-corrected chi connectivity index (χ2v) is 5.77. The zero-order chi connectivity index (χ0) is 13.5. The number of carbonyl (C=O) groups is 1. The smallest absolute Gasteiger partial charge is 0.159 e. The first kappa shape index (κ1) is 12.2. The molecule has 1 aliphatic rings. The molecule has 2 aromatic rings. The van der Waals surface area contributed by atoms with Gasteiger partial charge in [0.1, 0.15) is 0 Å². The van der Waals surface area contributed by atoms with Crippen LogP contribution in [0.4, 0.5) is 0 Å². The number of ketones is 1. The number of hydrogen-bond acceptors (Lipinski definition) is 1. The summed E-state index contributed by atoms with van der Waals surface area (Å²) in [5.41, 5.74) is 5.01. The summed E-state index contributed by atoms with van der Waals surface area (Å²) in [7, 11) is 0. The molecule has 1 saturated carbocycles. The van der Waals surface area contributed by atoms with Crippen LogP contribution in [0.1, 0.15) is 42.6 Å². The van der Waals surface area contributed by atoms with Crippen LogP contribution in [-0.2, 0) is 5.41 Å². The first-order valence-corrected chi connectivity index (χ1v) is 6.80. The molecular weight excluding hydrogens is 232 g/mol. The van der Waals surface area contributed by atoms with Gasteiger partial charge in [0.15, 0.2) is 5.78 Å². The fourth-order valence-electron chi connectivity index (χ4n) is 2.44. The van der Waals surface area contributed by atoms with Gasteiger partial charge in [-0.05, 0) is 41.9 Å². The highest BCUT2D eigenvalue weighted by molar-refractivity contribution is 5.94. The number of Topliss-reactive ketones (excluding diaryl/α,β-unsaturated/α-hetero) is 1.